The summed E-state index contributed by atoms with van der Waals surface area (Å²) in [5.74, 6) is 0. The normalized spacial score (nSPS) is 8.17. The molecule has 0 radical (unpaired) electrons. The van der Waals surface area contributed by atoms with Crippen LogP contribution in [0, 0.1) is 0 Å². The van der Waals surface area contributed by atoms with E-state index in [1.54, 1.807) is 0 Å². The predicted octanol–water partition coefficient (Wildman–Crippen LogP) is -6.32. The molecule has 0 aliphatic rings. The van der Waals surface area contributed by atoms with Gasteiger partial charge in [-0.3, -0.25) is 8.42 Å². The Morgan fingerprint density at radius 1 is 1.00 bits per heavy atom. The third-order valence-electron chi connectivity index (χ3n) is 0.496. The standard InChI is InChI=1S/C4H5N.2K.H2O4S/c1-2-4-5-3-1;;;1-5(2,3)4/h1-5H;;;(H2,1,2,3,4)/q;2*+1;/p-2. The maximum absolute atomic E-state index is 8.52. The first-order valence-electron chi connectivity index (χ1n) is 2.24. The Hall–Kier alpha value is 2.42. The summed E-state index contributed by atoms with van der Waals surface area (Å²) in [6, 6.07) is 3.89. The second kappa shape index (κ2) is 11.5. The van der Waals surface area contributed by atoms with Gasteiger partial charge in [0.2, 0.25) is 0 Å². The molecule has 0 aromatic carbocycles. The molecule has 0 atom stereocenters. The van der Waals surface area contributed by atoms with E-state index in [0.717, 1.165) is 0 Å². The summed E-state index contributed by atoms with van der Waals surface area (Å²) in [6.07, 6.45) is 3.75. The zero-order valence-corrected chi connectivity index (χ0v) is 13.9. The summed E-state index contributed by atoms with van der Waals surface area (Å²) in [6.45, 7) is 0. The molecule has 1 N–H and O–H groups in total. The molecular weight excluding hydrogens is 236 g/mol. The Bertz CT molecular complexity index is 221. The van der Waals surface area contributed by atoms with E-state index in [-0.39, 0.29) is 103 Å². The molecule has 0 amide bonds. The van der Waals surface area contributed by atoms with Gasteiger partial charge >= 0.3 is 103 Å². The third kappa shape index (κ3) is 29.4. The van der Waals surface area contributed by atoms with Crippen LogP contribution in [0.15, 0.2) is 24.5 Å². The number of aromatic amines is 1. The quantitative estimate of drug-likeness (QED) is 0.278. The van der Waals surface area contributed by atoms with Crippen molar-refractivity contribution in [3.63, 3.8) is 0 Å². The van der Waals surface area contributed by atoms with Crippen molar-refractivity contribution in [3.8, 4) is 0 Å². The molecule has 1 heterocycles. The molecule has 58 valence electrons. The largest absolute Gasteiger partial charge is 1.00 e. The van der Waals surface area contributed by atoms with Crippen LogP contribution in [0.4, 0.5) is 0 Å². The van der Waals surface area contributed by atoms with Crippen LogP contribution in [0.25, 0.3) is 0 Å². The Morgan fingerprint density at radius 3 is 1.33 bits per heavy atom. The van der Waals surface area contributed by atoms with Gasteiger partial charge in [-0.1, -0.05) is 0 Å². The molecule has 1 aromatic heterocycles. The maximum atomic E-state index is 8.52. The third-order valence-corrected chi connectivity index (χ3v) is 0.496. The van der Waals surface area contributed by atoms with Crippen LogP contribution in [-0.4, -0.2) is 22.5 Å². The minimum absolute atomic E-state index is 0. The second-order valence-corrected chi connectivity index (χ2v) is 2.11. The molecule has 8 heteroatoms. The minimum atomic E-state index is -5.17. The molecule has 0 bridgehead atoms. The smallest absolute Gasteiger partial charge is 0.759 e. The Labute approximate surface area is 156 Å². The molecule has 0 aliphatic carbocycles. The van der Waals surface area contributed by atoms with E-state index in [4.69, 9.17) is 17.5 Å². The van der Waals surface area contributed by atoms with Crippen molar-refractivity contribution in [2.75, 3.05) is 0 Å². The number of hydrogen-bond acceptors (Lipinski definition) is 4. The van der Waals surface area contributed by atoms with Crippen LogP contribution in [0.3, 0.4) is 0 Å². The number of H-pyrrole nitrogens is 1. The predicted molar refractivity (Wildman–Crippen MR) is 31.3 cm³/mol. The van der Waals surface area contributed by atoms with Gasteiger partial charge in [-0.15, -0.1) is 0 Å². The Balaban J connectivity index is -0.000000116. The van der Waals surface area contributed by atoms with Gasteiger partial charge in [0.1, 0.15) is 0 Å². The molecule has 0 spiro atoms. The van der Waals surface area contributed by atoms with Crippen molar-refractivity contribution in [2.45, 2.75) is 0 Å². The van der Waals surface area contributed by atoms with E-state index in [9.17, 15) is 0 Å². The fourth-order valence-electron chi connectivity index (χ4n) is 0.278. The monoisotopic (exact) mass is 241 g/mol. The van der Waals surface area contributed by atoms with Crippen LogP contribution in [-0.2, 0) is 10.4 Å². The van der Waals surface area contributed by atoms with E-state index < -0.39 is 10.4 Å². The van der Waals surface area contributed by atoms with Crippen LogP contribution in [0.5, 0.6) is 0 Å². The maximum Gasteiger partial charge on any atom is 1.00 e. The second-order valence-electron chi connectivity index (χ2n) is 1.29. The van der Waals surface area contributed by atoms with Crippen LogP contribution in [0.2, 0.25) is 0 Å². The van der Waals surface area contributed by atoms with Gasteiger partial charge in [0.25, 0.3) is 0 Å². The average molecular weight is 241 g/mol. The summed E-state index contributed by atoms with van der Waals surface area (Å²) >= 11 is 0. The molecule has 1 aromatic rings. The zero-order chi connectivity index (χ0) is 8.04. The van der Waals surface area contributed by atoms with Gasteiger partial charge in [-0.2, -0.15) is 0 Å². The fourth-order valence-corrected chi connectivity index (χ4v) is 0.278. The molecule has 12 heavy (non-hydrogen) atoms. The van der Waals surface area contributed by atoms with Crippen molar-refractivity contribution < 1.29 is 120 Å². The molecule has 0 saturated carbocycles. The van der Waals surface area contributed by atoms with Gasteiger partial charge in [0, 0.05) is 22.8 Å². The molecule has 0 aliphatic heterocycles. The first kappa shape index (κ1) is 19.9. The summed E-state index contributed by atoms with van der Waals surface area (Å²) in [5, 5.41) is 0. The Morgan fingerprint density at radius 2 is 1.25 bits per heavy atom. The first-order valence-corrected chi connectivity index (χ1v) is 3.58. The van der Waals surface area contributed by atoms with Crippen LogP contribution < -0.4 is 103 Å². The molecule has 5 nitrogen and oxygen atoms in total. The molecule has 0 unspecified atom stereocenters. The van der Waals surface area contributed by atoms with E-state index in [0.29, 0.717) is 0 Å². The topological polar surface area (TPSA) is 96.1 Å². The van der Waals surface area contributed by atoms with Crippen molar-refractivity contribution in [1.29, 1.82) is 0 Å². The molecule has 1 rings (SSSR count). The van der Waals surface area contributed by atoms with Gasteiger partial charge in [-0.05, 0) is 12.1 Å². The number of rotatable bonds is 0. The van der Waals surface area contributed by atoms with Gasteiger partial charge in [0.05, 0.1) is 0 Å². The Kier molecular flexibility index (Phi) is 19.1. The van der Waals surface area contributed by atoms with Crippen molar-refractivity contribution in [1.82, 2.24) is 4.98 Å². The first-order chi connectivity index (χ1) is 4.50. The fraction of sp³-hybridized carbons (Fsp3) is 0. The van der Waals surface area contributed by atoms with Gasteiger partial charge in [-0.25, -0.2) is 0 Å². The van der Waals surface area contributed by atoms with E-state index in [1.165, 1.54) is 0 Å². The van der Waals surface area contributed by atoms with Crippen molar-refractivity contribution >= 4 is 10.4 Å². The summed E-state index contributed by atoms with van der Waals surface area (Å²) in [7, 11) is -5.17. The molecule has 0 saturated heterocycles. The van der Waals surface area contributed by atoms with E-state index in [2.05, 4.69) is 4.98 Å². The van der Waals surface area contributed by atoms with Crippen LogP contribution in [0.1, 0.15) is 0 Å². The average Bonchev–Trinajstić information content (AvgIpc) is 2.07. The number of nitrogens with one attached hydrogen (secondary N) is 1. The summed E-state index contributed by atoms with van der Waals surface area (Å²) < 4.78 is 34.1. The van der Waals surface area contributed by atoms with E-state index >= 15 is 0 Å². The van der Waals surface area contributed by atoms with Crippen LogP contribution >= 0.6 is 0 Å². The molecular formula is C4H5K2NO4S. The number of hydrogen-bond donors (Lipinski definition) is 1. The molecule has 0 fully saturated rings. The summed E-state index contributed by atoms with van der Waals surface area (Å²) in [4.78, 5) is 2.86. The number of aromatic nitrogens is 1. The summed E-state index contributed by atoms with van der Waals surface area (Å²) in [5.41, 5.74) is 0. The van der Waals surface area contributed by atoms with E-state index in [1.807, 2.05) is 24.5 Å². The van der Waals surface area contributed by atoms with Crippen molar-refractivity contribution in [2.24, 2.45) is 0 Å². The van der Waals surface area contributed by atoms with Gasteiger partial charge in [0.15, 0.2) is 0 Å². The van der Waals surface area contributed by atoms with Gasteiger partial charge < -0.3 is 14.1 Å². The minimum Gasteiger partial charge on any atom is -0.759 e. The van der Waals surface area contributed by atoms with Crippen molar-refractivity contribution in [3.05, 3.63) is 24.5 Å². The SMILES string of the molecule is O=S(=O)([O-])[O-].[K+].[K+].c1cc[nH]c1. The zero-order valence-electron chi connectivity index (χ0n) is 6.85.